The minimum atomic E-state index is -0.708. The minimum absolute atomic E-state index is 0.170. The predicted octanol–water partition coefficient (Wildman–Crippen LogP) is 4.07. The van der Waals surface area contributed by atoms with Gasteiger partial charge in [-0.15, -0.1) is 11.3 Å². The molecule has 0 spiro atoms. The topological polar surface area (TPSA) is 76.2 Å². The molecule has 0 saturated carbocycles. The van der Waals surface area contributed by atoms with E-state index in [0.29, 0.717) is 16.6 Å². The van der Waals surface area contributed by atoms with Gasteiger partial charge in [0.1, 0.15) is 6.61 Å². The lowest BCUT2D eigenvalue weighted by atomic mass is 10.1. The number of carbonyl (C=O) groups excluding carboxylic acids is 1. The van der Waals surface area contributed by atoms with Gasteiger partial charge in [-0.2, -0.15) is 0 Å². The number of para-hydroxylation sites is 3. The van der Waals surface area contributed by atoms with Crippen LogP contribution in [0.4, 0.5) is 5.13 Å². The first-order valence-corrected chi connectivity index (χ1v) is 9.37. The lowest BCUT2D eigenvalue weighted by molar-refractivity contribution is -0.125. The van der Waals surface area contributed by atoms with Crippen molar-refractivity contribution in [1.29, 1.82) is 0 Å². The molecule has 4 aromatic rings. The standard InChI is InChI=1S/C20H15N3O3S/c24-19(18-10-25-16-7-3-4-8-17(16)26-18)23-20-22-15(11-27-20)13-9-21-14-6-2-1-5-12(13)14/h1-9,11,18,21H,10H2,(H,22,23,24)/t18-/m0/s1. The number of ether oxygens (including phenoxy) is 2. The third-order valence-corrected chi connectivity index (χ3v) is 5.16. The molecule has 0 radical (unpaired) electrons. The molecule has 0 bridgehead atoms. The third kappa shape index (κ3) is 2.92. The Morgan fingerprint density at radius 1 is 1.15 bits per heavy atom. The summed E-state index contributed by atoms with van der Waals surface area (Å²) in [6.07, 6.45) is 1.22. The maximum atomic E-state index is 12.5. The van der Waals surface area contributed by atoms with Gasteiger partial charge < -0.3 is 14.5 Å². The van der Waals surface area contributed by atoms with E-state index in [4.69, 9.17) is 9.47 Å². The Labute approximate surface area is 158 Å². The molecule has 2 aromatic heterocycles. The molecular weight excluding hydrogens is 362 g/mol. The summed E-state index contributed by atoms with van der Waals surface area (Å²) in [5.41, 5.74) is 2.88. The number of amides is 1. The maximum absolute atomic E-state index is 12.5. The zero-order chi connectivity index (χ0) is 18.2. The Morgan fingerprint density at radius 2 is 1.96 bits per heavy atom. The second-order valence-corrected chi connectivity index (χ2v) is 7.00. The molecule has 2 aromatic carbocycles. The van der Waals surface area contributed by atoms with Crippen molar-refractivity contribution in [1.82, 2.24) is 9.97 Å². The average Bonchev–Trinajstić information content (AvgIpc) is 3.34. The number of hydrogen-bond acceptors (Lipinski definition) is 5. The first kappa shape index (κ1) is 15.9. The predicted molar refractivity (Wildman–Crippen MR) is 104 cm³/mol. The Kier molecular flexibility index (Phi) is 3.79. The van der Waals surface area contributed by atoms with E-state index >= 15 is 0 Å². The van der Waals surface area contributed by atoms with E-state index in [2.05, 4.69) is 15.3 Å². The summed E-state index contributed by atoms with van der Waals surface area (Å²) < 4.78 is 11.3. The molecule has 0 saturated heterocycles. The summed E-state index contributed by atoms with van der Waals surface area (Å²) >= 11 is 1.38. The molecule has 0 aliphatic carbocycles. The Balaban J connectivity index is 1.33. The number of benzene rings is 2. The normalized spacial score (nSPS) is 15.6. The quantitative estimate of drug-likeness (QED) is 0.564. The highest BCUT2D eigenvalue weighted by Crippen LogP contribution is 2.33. The number of thiazole rings is 1. The van der Waals surface area contributed by atoms with Crippen LogP contribution in [0.2, 0.25) is 0 Å². The molecule has 1 amide bonds. The molecule has 27 heavy (non-hydrogen) atoms. The highest BCUT2D eigenvalue weighted by molar-refractivity contribution is 7.14. The molecule has 5 rings (SSSR count). The second kappa shape index (κ2) is 6.44. The van der Waals surface area contributed by atoms with Crippen molar-refractivity contribution in [3.05, 3.63) is 60.1 Å². The smallest absolute Gasteiger partial charge is 0.270 e. The fourth-order valence-electron chi connectivity index (χ4n) is 3.07. The Hall–Kier alpha value is -3.32. The SMILES string of the molecule is O=C(Nc1nc(-c2c[nH]c3ccccc23)cs1)[C@@H]1COc2ccccc2O1. The van der Waals surface area contributed by atoms with Crippen LogP contribution >= 0.6 is 11.3 Å². The maximum Gasteiger partial charge on any atom is 0.270 e. The first-order valence-electron chi connectivity index (χ1n) is 8.49. The fraction of sp³-hybridized carbons (Fsp3) is 0.100. The van der Waals surface area contributed by atoms with Crippen molar-refractivity contribution in [2.45, 2.75) is 6.10 Å². The number of anilines is 1. The van der Waals surface area contributed by atoms with E-state index in [0.717, 1.165) is 22.2 Å². The van der Waals surface area contributed by atoms with Crippen LogP contribution in [0.1, 0.15) is 0 Å². The molecule has 134 valence electrons. The lowest BCUT2D eigenvalue weighted by Crippen LogP contribution is -2.40. The molecule has 0 fully saturated rings. The van der Waals surface area contributed by atoms with Gasteiger partial charge in [-0.05, 0) is 18.2 Å². The van der Waals surface area contributed by atoms with Crippen LogP contribution in [0.25, 0.3) is 22.2 Å². The Morgan fingerprint density at radius 3 is 2.89 bits per heavy atom. The van der Waals surface area contributed by atoms with E-state index < -0.39 is 6.10 Å². The van der Waals surface area contributed by atoms with Crippen molar-refractivity contribution in [3.63, 3.8) is 0 Å². The lowest BCUT2D eigenvalue weighted by Gasteiger charge is -2.25. The van der Waals surface area contributed by atoms with Gasteiger partial charge in [0.25, 0.3) is 5.91 Å². The van der Waals surface area contributed by atoms with Gasteiger partial charge in [0.15, 0.2) is 16.6 Å². The van der Waals surface area contributed by atoms with Crippen LogP contribution in [-0.2, 0) is 4.79 Å². The summed E-state index contributed by atoms with van der Waals surface area (Å²) in [4.78, 5) is 20.3. The van der Waals surface area contributed by atoms with Crippen molar-refractivity contribution in [3.8, 4) is 22.8 Å². The molecule has 1 atom stereocenters. The molecule has 7 heteroatoms. The summed E-state index contributed by atoms with van der Waals surface area (Å²) in [7, 11) is 0. The van der Waals surface area contributed by atoms with Gasteiger partial charge in [0.05, 0.1) is 5.69 Å². The van der Waals surface area contributed by atoms with Crippen molar-refractivity contribution >= 4 is 33.3 Å². The number of carbonyl (C=O) groups is 1. The van der Waals surface area contributed by atoms with Gasteiger partial charge in [0, 0.05) is 28.0 Å². The fourth-order valence-corrected chi connectivity index (χ4v) is 3.79. The van der Waals surface area contributed by atoms with Gasteiger partial charge in [0.2, 0.25) is 6.10 Å². The van der Waals surface area contributed by atoms with E-state index in [9.17, 15) is 4.79 Å². The molecule has 0 unspecified atom stereocenters. The third-order valence-electron chi connectivity index (χ3n) is 4.40. The molecular formula is C20H15N3O3S. The molecule has 1 aliphatic rings. The number of nitrogens with one attached hydrogen (secondary N) is 2. The van der Waals surface area contributed by atoms with Gasteiger partial charge in [-0.1, -0.05) is 30.3 Å². The molecule has 1 aliphatic heterocycles. The van der Waals surface area contributed by atoms with E-state index in [-0.39, 0.29) is 12.5 Å². The van der Waals surface area contributed by atoms with Gasteiger partial charge in [-0.25, -0.2) is 4.98 Å². The molecule has 6 nitrogen and oxygen atoms in total. The van der Waals surface area contributed by atoms with Crippen molar-refractivity contribution in [2.75, 3.05) is 11.9 Å². The summed E-state index contributed by atoms with van der Waals surface area (Å²) in [5, 5.41) is 6.38. The van der Waals surface area contributed by atoms with Gasteiger partial charge in [-0.3, -0.25) is 10.1 Å². The number of aromatic amines is 1. The largest absolute Gasteiger partial charge is 0.485 e. The number of hydrogen-bond donors (Lipinski definition) is 2. The zero-order valence-corrected chi connectivity index (χ0v) is 15.0. The monoisotopic (exact) mass is 377 g/mol. The number of H-pyrrole nitrogens is 1. The average molecular weight is 377 g/mol. The molecule has 2 N–H and O–H groups in total. The summed E-state index contributed by atoms with van der Waals surface area (Å²) in [6, 6.07) is 15.4. The molecule has 3 heterocycles. The van der Waals surface area contributed by atoms with Crippen LogP contribution in [-0.4, -0.2) is 28.6 Å². The van der Waals surface area contributed by atoms with E-state index in [1.54, 1.807) is 6.07 Å². The number of rotatable bonds is 3. The minimum Gasteiger partial charge on any atom is -0.485 e. The highest BCUT2D eigenvalue weighted by atomic mass is 32.1. The zero-order valence-electron chi connectivity index (χ0n) is 14.1. The van der Waals surface area contributed by atoms with Crippen molar-refractivity contribution in [2.24, 2.45) is 0 Å². The summed E-state index contributed by atoms with van der Waals surface area (Å²) in [5.74, 6) is 0.948. The Bertz CT molecular complexity index is 1130. The van der Waals surface area contributed by atoms with Crippen molar-refractivity contribution < 1.29 is 14.3 Å². The van der Waals surface area contributed by atoms with Crippen LogP contribution in [0.15, 0.2) is 60.1 Å². The number of nitrogens with zero attached hydrogens (tertiary/aromatic N) is 1. The highest BCUT2D eigenvalue weighted by Gasteiger charge is 2.28. The van der Waals surface area contributed by atoms with Crippen LogP contribution in [0.3, 0.4) is 0 Å². The van der Waals surface area contributed by atoms with E-state index in [1.165, 1.54) is 11.3 Å². The van der Waals surface area contributed by atoms with E-state index in [1.807, 2.05) is 54.0 Å². The van der Waals surface area contributed by atoms with Crippen LogP contribution in [0, 0.1) is 0 Å². The second-order valence-electron chi connectivity index (χ2n) is 6.14. The number of aromatic nitrogens is 2. The van der Waals surface area contributed by atoms with Crippen LogP contribution in [0.5, 0.6) is 11.5 Å². The van der Waals surface area contributed by atoms with Crippen LogP contribution < -0.4 is 14.8 Å². The first-order chi connectivity index (χ1) is 13.3. The summed E-state index contributed by atoms with van der Waals surface area (Å²) in [6.45, 7) is 0.170. The van der Waals surface area contributed by atoms with Gasteiger partial charge >= 0.3 is 0 Å². The number of fused-ring (bicyclic) bond motifs is 2.